The molecule has 0 bridgehead atoms. The van der Waals surface area contributed by atoms with E-state index in [9.17, 15) is 4.79 Å². The van der Waals surface area contributed by atoms with Crippen LogP contribution in [0.5, 0.6) is 0 Å². The summed E-state index contributed by atoms with van der Waals surface area (Å²) in [6.45, 7) is 10.3. The summed E-state index contributed by atoms with van der Waals surface area (Å²) < 4.78 is 20.1. The standard InChI is InChI=1S/C33H45N5O4/c1-33(2,3)42-32(39)30(28-11-6-8-24-20-35-38(29(24)28)26-15-19-40-22-26)37-17-14-27(21-37)41-18-5-4-10-25-13-12-23-9-7-16-34-31(23)36-25/h6,8,11-13,20,26-27,30H,4-5,7,9-10,14-19,21-22H2,1-3H3,(H,34,36). The van der Waals surface area contributed by atoms with E-state index >= 15 is 0 Å². The number of para-hydroxylation sites is 1. The number of nitrogens with zero attached hydrogens (tertiary/aromatic N) is 4. The van der Waals surface area contributed by atoms with Crippen molar-refractivity contribution in [1.82, 2.24) is 19.7 Å². The van der Waals surface area contributed by atoms with Crippen molar-refractivity contribution < 1.29 is 19.0 Å². The van der Waals surface area contributed by atoms with Gasteiger partial charge < -0.3 is 19.5 Å². The molecule has 0 saturated carbocycles. The number of pyridine rings is 1. The van der Waals surface area contributed by atoms with E-state index in [0.29, 0.717) is 19.8 Å². The highest BCUT2D eigenvalue weighted by Crippen LogP contribution is 2.35. The summed E-state index contributed by atoms with van der Waals surface area (Å²) >= 11 is 0. The first-order chi connectivity index (χ1) is 20.4. The Morgan fingerprint density at radius 2 is 2.10 bits per heavy atom. The third-order valence-corrected chi connectivity index (χ3v) is 8.50. The van der Waals surface area contributed by atoms with Crippen molar-refractivity contribution >= 4 is 22.7 Å². The fourth-order valence-electron chi connectivity index (χ4n) is 6.46. The summed E-state index contributed by atoms with van der Waals surface area (Å²) in [5, 5.41) is 9.19. The SMILES string of the molecule is CC(C)(C)OC(=O)C(c1cccc2cnn(C3CCOC3)c12)N1CCC(OCCCCc2ccc3c(n2)NCCC3)C1. The maximum absolute atomic E-state index is 13.8. The highest BCUT2D eigenvalue weighted by molar-refractivity contribution is 5.89. The summed E-state index contributed by atoms with van der Waals surface area (Å²) in [6.07, 6.45) is 9.08. The molecule has 3 aliphatic rings. The number of carbonyl (C=O) groups is 1. The van der Waals surface area contributed by atoms with Gasteiger partial charge in [-0.2, -0.15) is 5.10 Å². The fraction of sp³-hybridized carbons (Fsp3) is 0.606. The van der Waals surface area contributed by atoms with Gasteiger partial charge in [-0.25, -0.2) is 9.78 Å². The van der Waals surface area contributed by atoms with Crippen LogP contribution in [-0.2, 0) is 31.8 Å². The van der Waals surface area contributed by atoms with Gasteiger partial charge in [0, 0.05) is 49.5 Å². The van der Waals surface area contributed by atoms with Gasteiger partial charge in [0.05, 0.1) is 30.5 Å². The molecule has 9 heteroatoms. The number of nitrogens with one attached hydrogen (secondary N) is 1. The van der Waals surface area contributed by atoms with Crippen LogP contribution in [-0.4, -0.2) is 76.8 Å². The zero-order chi connectivity index (χ0) is 29.1. The summed E-state index contributed by atoms with van der Waals surface area (Å²) in [7, 11) is 0. The topological polar surface area (TPSA) is 90.7 Å². The zero-order valence-electron chi connectivity index (χ0n) is 25.3. The molecule has 0 spiro atoms. The largest absolute Gasteiger partial charge is 0.459 e. The molecule has 0 radical (unpaired) electrons. The Morgan fingerprint density at radius 3 is 2.93 bits per heavy atom. The minimum absolute atomic E-state index is 0.0911. The molecule has 3 unspecified atom stereocenters. The predicted molar refractivity (Wildman–Crippen MR) is 163 cm³/mol. The van der Waals surface area contributed by atoms with Gasteiger partial charge in [0.15, 0.2) is 0 Å². The molecule has 9 nitrogen and oxygen atoms in total. The monoisotopic (exact) mass is 575 g/mol. The van der Waals surface area contributed by atoms with E-state index in [2.05, 4.69) is 39.2 Å². The van der Waals surface area contributed by atoms with Gasteiger partial charge in [0.1, 0.15) is 17.5 Å². The minimum Gasteiger partial charge on any atom is -0.459 e. The molecule has 6 rings (SSSR count). The molecular weight excluding hydrogens is 530 g/mol. The van der Waals surface area contributed by atoms with E-state index in [-0.39, 0.29) is 18.1 Å². The second-order valence-corrected chi connectivity index (χ2v) is 12.9. The van der Waals surface area contributed by atoms with Gasteiger partial charge in [-0.15, -0.1) is 0 Å². The third kappa shape index (κ3) is 6.63. The number of unbranched alkanes of at least 4 members (excludes halogenated alkanes) is 1. The van der Waals surface area contributed by atoms with Crippen LogP contribution in [0.1, 0.15) is 81.8 Å². The third-order valence-electron chi connectivity index (χ3n) is 8.50. The summed E-state index contributed by atoms with van der Waals surface area (Å²) in [6, 6.07) is 10.2. The number of hydrogen-bond acceptors (Lipinski definition) is 8. The molecule has 2 aromatic heterocycles. The Kier molecular flexibility index (Phi) is 8.79. The van der Waals surface area contributed by atoms with Crippen molar-refractivity contribution in [2.45, 2.75) is 89.5 Å². The van der Waals surface area contributed by atoms with Crippen LogP contribution in [0.2, 0.25) is 0 Å². The minimum atomic E-state index is -0.582. The van der Waals surface area contributed by atoms with Crippen LogP contribution in [0.4, 0.5) is 5.82 Å². The average Bonchev–Trinajstić information content (AvgIpc) is 3.73. The molecule has 3 aromatic rings. The number of esters is 1. The van der Waals surface area contributed by atoms with Gasteiger partial charge in [-0.3, -0.25) is 9.58 Å². The quantitative estimate of drug-likeness (QED) is 0.259. The molecular formula is C33H45N5O4. The van der Waals surface area contributed by atoms with Crippen molar-refractivity contribution in [3.05, 3.63) is 53.3 Å². The number of ether oxygens (including phenoxy) is 3. The Hall–Kier alpha value is -3.01. The number of rotatable bonds is 10. The lowest BCUT2D eigenvalue weighted by Gasteiger charge is -2.30. The molecule has 3 atom stereocenters. The smallest absolute Gasteiger partial charge is 0.328 e. The Bertz CT molecular complexity index is 1380. The van der Waals surface area contributed by atoms with Crippen molar-refractivity contribution in [1.29, 1.82) is 0 Å². The first kappa shape index (κ1) is 29.1. The zero-order valence-corrected chi connectivity index (χ0v) is 25.3. The highest BCUT2D eigenvalue weighted by atomic mass is 16.6. The van der Waals surface area contributed by atoms with Crippen LogP contribution in [0.3, 0.4) is 0 Å². The van der Waals surface area contributed by atoms with Crippen molar-refractivity contribution in [3.8, 4) is 0 Å². The van der Waals surface area contributed by atoms with Crippen molar-refractivity contribution in [2.75, 3.05) is 44.8 Å². The van der Waals surface area contributed by atoms with Gasteiger partial charge in [-0.05, 0) is 77.3 Å². The number of aromatic nitrogens is 3. The molecule has 5 heterocycles. The maximum atomic E-state index is 13.8. The molecule has 0 aliphatic carbocycles. The second-order valence-electron chi connectivity index (χ2n) is 12.9. The molecule has 1 aromatic carbocycles. The van der Waals surface area contributed by atoms with E-state index in [1.165, 1.54) is 12.0 Å². The van der Waals surface area contributed by atoms with Gasteiger partial charge in [0.2, 0.25) is 0 Å². The second kappa shape index (κ2) is 12.7. The average molecular weight is 576 g/mol. The van der Waals surface area contributed by atoms with Crippen LogP contribution < -0.4 is 5.32 Å². The first-order valence-corrected chi connectivity index (χ1v) is 15.7. The lowest BCUT2D eigenvalue weighted by Crippen LogP contribution is -2.38. The van der Waals surface area contributed by atoms with Crippen molar-refractivity contribution in [3.63, 3.8) is 0 Å². The molecule has 1 N–H and O–H groups in total. The van der Waals surface area contributed by atoms with Crippen LogP contribution in [0, 0.1) is 0 Å². The molecule has 42 heavy (non-hydrogen) atoms. The first-order valence-electron chi connectivity index (χ1n) is 15.7. The fourth-order valence-corrected chi connectivity index (χ4v) is 6.46. The Labute approximate surface area is 248 Å². The lowest BCUT2D eigenvalue weighted by atomic mass is 10.0. The van der Waals surface area contributed by atoms with Gasteiger partial charge >= 0.3 is 5.97 Å². The normalized spacial score (nSPS) is 21.8. The number of benzene rings is 1. The number of likely N-dealkylation sites (tertiary alicyclic amines) is 1. The lowest BCUT2D eigenvalue weighted by molar-refractivity contribution is -0.161. The van der Waals surface area contributed by atoms with E-state index in [4.69, 9.17) is 24.3 Å². The Morgan fingerprint density at radius 1 is 1.19 bits per heavy atom. The molecule has 3 aliphatic heterocycles. The molecule has 2 saturated heterocycles. The van der Waals surface area contributed by atoms with Crippen LogP contribution in [0.25, 0.3) is 10.9 Å². The van der Waals surface area contributed by atoms with E-state index < -0.39 is 11.6 Å². The number of aryl methyl sites for hydroxylation is 2. The Balaban J connectivity index is 1.10. The highest BCUT2D eigenvalue weighted by Gasteiger charge is 2.38. The maximum Gasteiger partial charge on any atom is 0.328 e. The summed E-state index contributed by atoms with van der Waals surface area (Å²) in [5.74, 6) is 0.842. The van der Waals surface area contributed by atoms with E-state index in [0.717, 1.165) is 86.2 Å². The number of fused-ring (bicyclic) bond motifs is 2. The van der Waals surface area contributed by atoms with Crippen LogP contribution in [0.15, 0.2) is 36.5 Å². The summed E-state index contributed by atoms with van der Waals surface area (Å²) in [5.41, 5.74) is 3.84. The van der Waals surface area contributed by atoms with E-state index in [1.54, 1.807) is 0 Å². The van der Waals surface area contributed by atoms with Crippen LogP contribution >= 0.6 is 0 Å². The van der Waals surface area contributed by atoms with Gasteiger partial charge in [-0.1, -0.05) is 24.3 Å². The van der Waals surface area contributed by atoms with Gasteiger partial charge in [0.25, 0.3) is 0 Å². The van der Waals surface area contributed by atoms with Crippen molar-refractivity contribution in [2.24, 2.45) is 0 Å². The number of carbonyl (C=O) groups excluding carboxylic acids is 1. The molecule has 226 valence electrons. The molecule has 0 amide bonds. The molecule has 2 fully saturated rings. The number of hydrogen-bond donors (Lipinski definition) is 1. The van der Waals surface area contributed by atoms with E-state index in [1.807, 2.05) is 33.0 Å². The predicted octanol–water partition coefficient (Wildman–Crippen LogP) is 5.25. The summed E-state index contributed by atoms with van der Waals surface area (Å²) in [4.78, 5) is 20.9. The number of anilines is 1.